The summed E-state index contributed by atoms with van der Waals surface area (Å²) in [7, 11) is 0. The van der Waals surface area contributed by atoms with Crippen LogP contribution in [-0.4, -0.2) is 17.9 Å². The molecule has 4 rings (SSSR count). The van der Waals surface area contributed by atoms with Crippen LogP contribution < -0.4 is 10.8 Å². The Hall–Kier alpha value is -2.77. The second-order valence-corrected chi connectivity index (χ2v) is 7.71. The number of aryl methyl sites for hydroxylation is 1. The van der Waals surface area contributed by atoms with Crippen molar-refractivity contribution in [3.05, 3.63) is 58.7 Å². The highest BCUT2D eigenvalue weighted by Crippen LogP contribution is 2.37. The van der Waals surface area contributed by atoms with E-state index in [1.54, 1.807) is 13.0 Å². The molecule has 2 heterocycles. The van der Waals surface area contributed by atoms with Gasteiger partial charge in [-0.1, -0.05) is 12.1 Å². The number of carbonyl (C=O) groups is 1. The van der Waals surface area contributed by atoms with E-state index in [-0.39, 0.29) is 23.8 Å². The van der Waals surface area contributed by atoms with Gasteiger partial charge in [0.05, 0.1) is 5.69 Å². The van der Waals surface area contributed by atoms with E-state index < -0.39 is 0 Å². The fourth-order valence-electron chi connectivity index (χ4n) is 4.36. The number of aromatic amines is 1. The maximum Gasteiger partial charge on any atom is 0.230 e. The first kappa shape index (κ1) is 19.5. The largest absolute Gasteiger partial charge is 0.354 e. The molecule has 3 aromatic rings. The molecule has 1 atom stereocenters. The van der Waals surface area contributed by atoms with Crippen LogP contribution in [0.15, 0.2) is 30.3 Å². The molecule has 1 fully saturated rings. The van der Waals surface area contributed by atoms with Crippen LogP contribution in [0, 0.1) is 18.6 Å². The zero-order valence-corrected chi connectivity index (χ0v) is 16.4. The minimum atomic E-state index is -0.372. The zero-order chi connectivity index (χ0) is 20.6. The Morgan fingerprint density at radius 2 is 2.10 bits per heavy atom. The van der Waals surface area contributed by atoms with Crippen LogP contribution in [-0.2, 0) is 21.8 Å². The van der Waals surface area contributed by atoms with Crippen LogP contribution in [0.1, 0.15) is 36.5 Å². The number of carbonyl (C=O) groups excluding carboxylic acids is 1. The number of nitrogens with one attached hydrogen (secondary N) is 3. The van der Waals surface area contributed by atoms with Crippen LogP contribution in [0.5, 0.6) is 0 Å². The lowest BCUT2D eigenvalue weighted by Crippen LogP contribution is -2.34. The number of hydroxylamine groups is 1. The van der Waals surface area contributed by atoms with Gasteiger partial charge in [-0.05, 0) is 57.0 Å². The molecule has 29 heavy (non-hydrogen) atoms. The van der Waals surface area contributed by atoms with Gasteiger partial charge in [-0.2, -0.15) is 0 Å². The molecular weight excluding hydrogens is 376 g/mol. The van der Waals surface area contributed by atoms with Crippen LogP contribution in [0.2, 0.25) is 0 Å². The van der Waals surface area contributed by atoms with Crippen LogP contribution in [0.3, 0.4) is 0 Å². The highest BCUT2D eigenvalue weighted by atomic mass is 19.1. The van der Waals surface area contributed by atoms with E-state index in [0.717, 1.165) is 35.9 Å². The molecule has 1 amide bonds. The summed E-state index contributed by atoms with van der Waals surface area (Å²) in [4.78, 5) is 18.9. The van der Waals surface area contributed by atoms with E-state index in [1.165, 1.54) is 18.2 Å². The summed E-state index contributed by atoms with van der Waals surface area (Å²) < 4.78 is 29.0. The zero-order valence-electron chi connectivity index (χ0n) is 16.4. The van der Waals surface area contributed by atoms with E-state index in [9.17, 15) is 9.18 Å². The second kappa shape index (κ2) is 7.57. The van der Waals surface area contributed by atoms with Crippen LogP contribution in [0.4, 0.5) is 8.78 Å². The fourth-order valence-corrected chi connectivity index (χ4v) is 4.36. The average molecular weight is 399 g/mol. The Balaban J connectivity index is 1.82. The van der Waals surface area contributed by atoms with Crippen molar-refractivity contribution in [2.75, 3.05) is 6.54 Å². The first-order chi connectivity index (χ1) is 13.9. The molecule has 7 heteroatoms. The first-order valence-corrected chi connectivity index (χ1v) is 9.60. The molecule has 152 valence electrons. The molecule has 5 nitrogen and oxygen atoms in total. The van der Waals surface area contributed by atoms with Gasteiger partial charge in [0, 0.05) is 33.1 Å². The predicted molar refractivity (Wildman–Crippen MR) is 107 cm³/mol. The number of hydrogen-bond donors (Lipinski definition) is 3. The van der Waals surface area contributed by atoms with E-state index in [0.29, 0.717) is 28.7 Å². The van der Waals surface area contributed by atoms with Crippen molar-refractivity contribution in [3.63, 3.8) is 0 Å². The number of hydrogen-bond acceptors (Lipinski definition) is 3. The molecule has 1 unspecified atom stereocenters. The molecule has 2 aromatic carbocycles. The summed E-state index contributed by atoms with van der Waals surface area (Å²) >= 11 is 0. The summed E-state index contributed by atoms with van der Waals surface area (Å²) in [5, 5.41) is 4.17. The maximum absolute atomic E-state index is 15.1. The van der Waals surface area contributed by atoms with E-state index in [4.69, 9.17) is 4.84 Å². The Kier molecular flexibility index (Phi) is 5.10. The predicted octanol–water partition coefficient (Wildman–Crippen LogP) is 4.20. The second-order valence-electron chi connectivity index (χ2n) is 7.71. The minimum Gasteiger partial charge on any atom is -0.354 e. The molecule has 0 aliphatic carbocycles. The van der Waals surface area contributed by atoms with Gasteiger partial charge >= 0.3 is 0 Å². The smallest absolute Gasteiger partial charge is 0.230 e. The molecule has 1 saturated heterocycles. The van der Waals surface area contributed by atoms with Crippen molar-refractivity contribution in [2.24, 2.45) is 0 Å². The number of amides is 1. The molecule has 0 saturated carbocycles. The Labute approximate surface area is 167 Å². The highest BCUT2D eigenvalue weighted by Gasteiger charge is 2.32. The monoisotopic (exact) mass is 399 g/mol. The van der Waals surface area contributed by atoms with Crippen molar-refractivity contribution in [1.29, 1.82) is 0 Å². The van der Waals surface area contributed by atoms with Gasteiger partial charge in [-0.15, -0.1) is 0 Å². The first-order valence-electron chi connectivity index (χ1n) is 9.60. The summed E-state index contributed by atoms with van der Waals surface area (Å²) in [6.45, 7) is 4.74. The Morgan fingerprint density at radius 1 is 1.28 bits per heavy atom. The minimum absolute atomic E-state index is 0.0587. The van der Waals surface area contributed by atoms with Crippen molar-refractivity contribution in [3.8, 4) is 11.3 Å². The molecule has 1 aliphatic rings. The third-order valence-electron chi connectivity index (χ3n) is 5.73. The maximum atomic E-state index is 15.1. The van der Waals surface area contributed by atoms with Crippen molar-refractivity contribution in [2.45, 2.75) is 38.8 Å². The Morgan fingerprint density at radius 3 is 2.79 bits per heavy atom. The highest BCUT2D eigenvalue weighted by molar-refractivity contribution is 5.93. The van der Waals surface area contributed by atoms with Crippen molar-refractivity contribution < 1.29 is 18.4 Å². The van der Waals surface area contributed by atoms with Crippen molar-refractivity contribution >= 4 is 17.3 Å². The quantitative estimate of drug-likeness (QED) is 0.331. The summed E-state index contributed by atoms with van der Waals surface area (Å²) in [5.74, 6) is -0.651. The summed E-state index contributed by atoms with van der Waals surface area (Å²) in [5.41, 5.74) is 5.75. The Bertz CT molecular complexity index is 1070. The van der Waals surface area contributed by atoms with Gasteiger partial charge in [-0.3, -0.25) is 9.63 Å². The number of halogens is 2. The van der Waals surface area contributed by atoms with Gasteiger partial charge in [0.1, 0.15) is 18.2 Å². The summed E-state index contributed by atoms with van der Waals surface area (Å²) in [6.07, 6.45) is 2.32. The van der Waals surface area contributed by atoms with Gasteiger partial charge in [0.25, 0.3) is 0 Å². The van der Waals surface area contributed by atoms with E-state index in [1.807, 2.05) is 13.0 Å². The molecule has 1 aliphatic heterocycles. The topological polar surface area (TPSA) is 66.2 Å². The molecular formula is C22H23F2N3O2. The lowest BCUT2D eigenvalue weighted by atomic mass is 9.89. The molecule has 0 bridgehead atoms. The normalized spacial score (nSPS) is 19.0. The number of benzene rings is 2. The third-order valence-corrected chi connectivity index (χ3v) is 5.73. The van der Waals surface area contributed by atoms with Crippen molar-refractivity contribution in [1.82, 2.24) is 15.8 Å². The SMILES string of the molecule is Cc1cc(F)cc2[nH]c(-c3ccc(C4(C)CCCN4)c(F)c3)c(CONC=O)c12. The summed E-state index contributed by atoms with van der Waals surface area (Å²) in [6, 6.07) is 7.99. The van der Waals surface area contributed by atoms with Crippen LogP contribution in [0.25, 0.3) is 22.2 Å². The number of rotatable bonds is 6. The van der Waals surface area contributed by atoms with Gasteiger partial charge < -0.3 is 10.3 Å². The molecule has 3 N–H and O–H groups in total. The standard InChI is InChI=1S/C22H23F2N3O2/c1-13-8-15(23)10-19-20(13)16(11-29-26-12-28)21(27-19)14-4-5-17(18(24)9-14)22(2)6-3-7-25-22/h4-5,8-10,12,25,27H,3,6-7,11H2,1-2H3,(H,26,28). The number of H-pyrrole nitrogens is 1. The van der Waals surface area contributed by atoms with Gasteiger partial charge in [0.15, 0.2) is 0 Å². The molecule has 0 spiro atoms. The van der Waals surface area contributed by atoms with E-state index in [2.05, 4.69) is 15.8 Å². The fraction of sp³-hybridized carbons (Fsp3) is 0.318. The molecule has 0 radical (unpaired) electrons. The third kappa shape index (κ3) is 3.52. The van der Waals surface area contributed by atoms with Gasteiger partial charge in [-0.25, -0.2) is 14.3 Å². The lowest BCUT2D eigenvalue weighted by Gasteiger charge is -2.25. The average Bonchev–Trinajstić information content (AvgIpc) is 3.26. The number of fused-ring (bicyclic) bond motifs is 1. The lowest BCUT2D eigenvalue weighted by molar-refractivity contribution is -0.121. The molecule has 1 aromatic heterocycles. The van der Waals surface area contributed by atoms with E-state index >= 15 is 4.39 Å². The van der Waals surface area contributed by atoms with Crippen LogP contribution >= 0.6 is 0 Å². The number of aromatic nitrogens is 1. The van der Waals surface area contributed by atoms with Gasteiger partial charge in [0.2, 0.25) is 6.41 Å².